The van der Waals surface area contributed by atoms with Gasteiger partial charge in [0.1, 0.15) is 5.25 Å². The Labute approximate surface area is 165 Å². The highest BCUT2D eigenvalue weighted by Gasteiger charge is 2.39. The normalized spacial score (nSPS) is 28.0. The number of anilines is 1. The second-order valence-electron chi connectivity index (χ2n) is 8.17. The Kier molecular flexibility index (Phi) is 6.01. The van der Waals surface area contributed by atoms with Crippen LogP contribution in [0.25, 0.3) is 0 Å². The van der Waals surface area contributed by atoms with E-state index in [0.29, 0.717) is 11.3 Å². The molecule has 1 unspecified atom stereocenters. The Morgan fingerprint density at radius 3 is 2.62 bits per heavy atom. The molecule has 4 rings (SSSR count). The minimum atomic E-state index is -0.765. The number of hydrogen-bond acceptors (Lipinski definition) is 4. The van der Waals surface area contributed by atoms with Crippen LogP contribution in [0.1, 0.15) is 37.7 Å². The maximum atomic E-state index is 11.9. The largest absolute Gasteiger partial charge is 0.598 e. The van der Waals surface area contributed by atoms with Crippen LogP contribution in [-0.4, -0.2) is 53.5 Å². The number of benzene rings is 1. The van der Waals surface area contributed by atoms with Crippen molar-refractivity contribution in [3.63, 3.8) is 0 Å². The minimum absolute atomic E-state index is 0.451. The lowest BCUT2D eigenvalue weighted by molar-refractivity contribution is 0.182. The molecule has 3 aliphatic rings. The van der Waals surface area contributed by atoms with Crippen LogP contribution < -0.4 is 9.62 Å². The molecule has 0 spiro atoms. The molecule has 1 aliphatic heterocycles. The zero-order chi connectivity index (χ0) is 18.1. The molecular weight excluding hydrogens is 366 g/mol. The van der Waals surface area contributed by atoms with Gasteiger partial charge in [0.2, 0.25) is 0 Å². The van der Waals surface area contributed by atoms with E-state index in [0.717, 1.165) is 55.5 Å². The SMILES string of the molecule is Cc1cccc(N2CCN(CCC3CC(N[S+]([O-])C4CC4)C3)CC2)c1Cl. The lowest BCUT2D eigenvalue weighted by atomic mass is 9.79. The average molecular weight is 396 g/mol. The second kappa shape index (κ2) is 8.27. The molecule has 0 amide bonds. The third kappa shape index (κ3) is 4.50. The van der Waals surface area contributed by atoms with Crippen molar-refractivity contribution >= 4 is 28.7 Å². The summed E-state index contributed by atoms with van der Waals surface area (Å²) in [6, 6.07) is 6.81. The molecule has 2 aliphatic carbocycles. The number of aryl methyl sites for hydroxylation is 1. The van der Waals surface area contributed by atoms with Crippen molar-refractivity contribution in [3.8, 4) is 0 Å². The standard InChI is InChI=1S/C20H30ClN3OS/c1-15-3-2-4-19(20(15)21)24-11-9-23(10-12-24)8-7-16-13-17(14-16)22-26(25)18-5-6-18/h2-4,16-18,22H,5-14H2,1H3. The summed E-state index contributed by atoms with van der Waals surface area (Å²) in [4.78, 5) is 5.01. The smallest absolute Gasteiger partial charge is 0.135 e. The van der Waals surface area contributed by atoms with Gasteiger partial charge in [-0.3, -0.25) is 4.90 Å². The van der Waals surface area contributed by atoms with E-state index in [2.05, 4.69) is 39.6 Å². The molecule has 4 nitrogen and oxygen atoms in total. The molecule has 1 aromatic rings. The summed E-state index contributed by atoms with van der Waals surface area (Å²) in [6.45, 7) is 7.60. The van der Waals surface area contributed by atoms with Crippen molar-refractivity contribution in [2.75, 3.05) is 37.6 Å². The summed E-state index contributed by atoms with van der Waals surface area (Å²) >= 11 is 5.72. The first-order valence-corrected chi connectivity index (χ1v) is 11.6. The molecule has 1 atom stereocenters. The molecule has 3 fully saturated rings. The summed E-state index contributed by atoms with van der Waals surface area (Å²) in [6.07, 6.45) is 5.99. The Morgan fingerprint density at radius 1 is 1.19 bits per heavy atom. The first-order valence-electron chi connectivity index (χ1n) is 9.99. The van der Waals surface area contributed by atoms with Gasteiger partial charge < -0.3 is 9.45 Å². The predicted octanol–water partition coefficient (Wildman–Crippen LogP) is 3.35. The number of hydrogen-bond donors (Lipinski definition) is 1. The maximum Gasteiger partial charge on any atom is 0.135 e. The number of piperazine rings is 1. The topological polar surface area (TPSA) is 41.6 Å². The van der Waals surface area contributed by atoms with Gasteiger partial charge in [0.25, 0.3) is 0 Å². The lowest BCUT2D eigenvalue weighted by Gasteiger charge is -2.39. The number of nitrogens with zero attached hydrogens (tertiary/aromatic N) is 2. The molecule has 1 aromatic carbocycles. The fraction of sp³-hybridized carbons (Fsp3) is 0.700. The lowest BCUT2D eigenvalue weighted by Crippen LogP contribution is -2.49. The number of rotatable bonds is 7. The van der Waals surface area contributed by atoms with Crippen LogP contribution in [0, 0.1) is 12.8 Å². The van der Waals surface area contributed by atoms with Gasteiger partial charge in [0, 0.05) is 50.4 Å². The molecule has 1 N–H and O–H groups in total. The van der Waals surface area contributed by atoms with Gasteiger partial charge in [-0.2, -0.15) is 0 Å². The third-order valence-corrected chi connectivity index (χ3v) is 8.22. The predicted molar refractivity (Wildman–Crippen MR) is 110 cm³/mol. The van der Waals surface area contributed by atoms with Crippen LogP contribution in [0.3, 0.4) is 0 Å². The summed E-state index contributed by atoms with van der Waals surface area (Å²) in [7, 11) is 0. The van der Waals surface area contributed by atoms with Crippen LogP contribution >= 0.6 is 11.6 Å². The van der Waals surface area contributed by atoms with Crippen molar-refractivity contribution in [2.45, 2.75) is 50.3 Å². The highest BCUT2D eigenvalue weighted by molar-refractivity contribution is 7.90. The van der Waals surface area contributed by atoms with Gasteiger partial charge in [-0.1, -0.05) is 23.7 Å². The first kappa shape index (κ1) is 18.9. The fourth-order valence-corrected chi connectivity index (χ4v) is 5.59. The molecule has 2 saturated carbocycles. The molecule has 144 valence electrons. The van der Waals surface area contributed by atoms with Crippen LogP contribution in [0.2, 0.25) is 5.02 Å². The monoisotopic (exact) mass is 395 g/mol. The third-order valence-electron chi connectivity index (χ3n) is 6.08. The van der Waals surface area contributed by atoms with Crippen molar-refractivity contribution in [3.05, 3.63) is 28.8 Å². The van der Waals surface area contributed by atoms with Crippen molar-refractivity contribution < 1.29 is 4.55 Å². The first-order chi connectivity index (χ1) is 12.6. The summed E-state index contributed by atoms with van der Waals surface area (Å²) in [5.41, 5.74) is 2.34. The van der Waals surface area contributed by atoms with Crippen molar-refractivity contribution in [1.29, 1.82) is 0 Å². The summed E-state index contributed by atoms with van der Waals surface area (Å²) < 4.78 is 15.2. The zero-order valence-electron chi connectivity index (χ0n) is 15.6. The van der Waals surface area contributed by atoms with Crippen LogP contribution in [0.4, 0.5) is 5.69 Å². The van der Waals surface area contributed by atoms with Gasteiger partial charge >= 0.3 is 0 Å². The molecular formula is C20H30ClN3OS. The molecule has 6 heteroatoms. The molecule has 0 aromatic heterocycles. The average Bonchev–Trinajstić information content (AvgIpc) is 3.45. The Hall–Kier alpha value is -0.460. The zero-order valence-corrected chi connectivity index (χ0v) is 17.2. The summed E-state index contributed by atoms with van der Waals surface area (Å²) in [5, 5.41) is 1.35. The van der Waals surface area contributed by atoms with E-state index in [4.69, 9.17) is 11.6 Å². The molecule has 0 bridgehead atoms. The van der Waals surface area contributed by atoms with E-state index in [1.165, 1.54) is 31.5 Å². The van der Waals surface area contributed by atoms with E-state index < -0.39 is 11.4 Å². The van der Waals surface area contributed by atoms with Gasteiger partial charge in [0.15, 0.2) is 0 Å². The molecule has 1 saturated heterocycles. The number of halogens is 1. The molecule has 26 heavy (non-hydrogen) atoms. The fourth-order valence-electron chi connectivity index (χ4n) is 4.06. The van der Waals surface area contributed by atoms with E-state index in [1.54, 1.807) is 0 Å². The van der Waals surface area contributed by atoms with Crippen LogP contribution in [0.15, 0.2) is 18.2 Å². The quantitative estimate of drug-likeness (QED) is 0.719. The van der Waals surface area contributed by atoms with E-state index in [1.807, 2.05) is 0 Å². The molecule has 0 radical (unpaired) electrons. The van der Waals surface area contributed by atoms with Gasteiger partial charge in [-0.25, -0.2) is 0 Å². The molecule has 1 heterocycles. The van der Waals surface area contributed by atoms with Gasteiger partial charge in [-0.05, 0) is 50.3 Å². The minimum Gasteiger partial charge on any atom is -0.598 e. The van der Waals surface area contributed by atoms with Crippen molar-refractivity contribution in [1.82, 2.24) is 9.62 Å². The van der Waals surface area contributed by atoms with Crippen molar-refractivity contribution in [2.24, 2.45) is 5.92 Å². The Balaban J connectivity index is 1.14. The highest BCUT2D eigenvalue weighted by Crippen LogP contribution is 2.34. The Morgan fingerprint density at radius 2 is 1.92 bits per heavy atom. The van der Waals surface area contributed by atoms with Crippen LogP contribution in [0.5, 0.6) is 0 Å². The Bertz CT molecular complexity index is 613. The second-order valence-corrected chi connectivity index (χ2v) is 10.0. The van der Waals surface area contributed by atoms with Crippen LogP contribution in [-0.2, 0) is 11.4 Å². The van der Waals surface area contributed by atoms with E-state index >= 15 is 0 Å². The van der Waals surface area contributed by atoms with E-state index in [-0.39, 0.29) is 0 Å². The number of nitrogens with one attached hydrogen (secondary N) is 1. The van der Waals surface area contributed by atoms with Gasteiger partial charge in [-0.15, -0.1) is 4.72 Å². The van der Waals surface area contributed by atoms with E-state index in [9.17, 15) is 4.55 Å². The highest BCUT2D eigenvalue weighted by atomic mass is 35.5. The maximum absolute atomic E-state index is 11.9. The van der Waals surface area contributed by atoms with Gasteiger partial charge in [0.05, 0.1) is 16.8 Å². The summed E-state index contributed by atoms with van der Waals surface area (Å²) in [5.74, 6) is 0.813.